The van der Waals surface area contributed by atoms with Crippen molar-refractivity contribution in [3.8, 4) is 5.75 Å². The smallest absolute Gasteiger partial charge is 0.254 e. The molecule has 2 bridgehead atoms. The molecule has 1 unspecified atom stereocenters. The third-order valence-corrected chi connectivity index (χ3v) is 8.39. The molecule has 4 fully saturated rings. The number of nitrogens with zero attached hydrogens (tertiary/aromatic N) is 4. The van der Waals surface area contributed by atoms with Crippen LogP contribution in [0.2, 0.25) is 0 Å². The maximum atomic E-state index is 13.8. The van der Waals surface area contributed by atoms with Gasteiger partial charge < -0.3 is 34.6 Å². The van der Waals surface area contributed by atoms with Crippen molar-refractivity contribution in [2.45, 2.75) is 74.5 Å². The lowest BCUT2D eigenvalue weighted by Crippen LogP contribution is -2.63. The van der Waals surface area contributed by atoms with Crippen molar-refractivity contribution in [2.24, 2.45) is 16.3 Å². The fraction of sp³-hybridized carbons (Fsp3) is 0.708. The number of aliphatic hydroxyl groups excluding tert-OH is 3. The first-order valence-corrected chi connectivity index (χ1v) is 12.3. The predicted molar refractivity (Wildman–Crippen MR) is 126 cm³/mol. The number of carbonyl (C=O) groups is 1. The summed E-state index contributed by atoms with van der Waals surface area (Å²) >= 11 is 0. The summed E-state index contributed by atoms with van der Waals surface area (Å²) in [5.74, 6) is 0.120. The minimum Gasteiger partial charge on any atom is -0.497 e. The molecule has 0 spiro atoms. The van der Waals surface area contributed by atoms with Gasteiger partial charge in [-0.3, -0.25) is 10.2 Å². The Kier molecular flexibility index (Phi) is 6.56. The molecule has 0 radical (unpaired) electrons. The summed E-state index contributed by atoms with van der Waals surface area (Å²) in [7, 11) is 1.62. The van der Waals surface area contributed by atoms with E-state index in [0.717, 1.165) is 17.9 Å². The SMILES string of the molecule is COc1ccc(N2C[C@@H]3C[C@H]2CN3C(=O)[C@@H]2O[C@H](CO)[C@H](O)[C@H](N=NNC3(C)[C@H](C)[C@H]3F)[C@H]2O)cc1. The molecule has 5 rings (SSSR count). The van der Waals surface area contributed by atoms with E-state index in [1.165, 1.54) is 0 Å². The van der Waals surface area contributed by atoms with Crippen molar-refractivity contribution >= 4 is 11.6 Å². The van der Waals surface area contributed by atoms with Gasteiger partial charge in [-0.15, -0.1) is 0 Å². The zero-order valence-electron chi connectivity index (χ0n) is 20.6. The molecule has 36 heavy (non-hydrogen) atoms. The fourth-order valence-corrected chi connectivity index (χ4v) is 5.66. The van der Waals surface area contributed by atoms with Crippen molar-refractivity contribution in [1.82, 2.24) is 10.3 Å². The number of alkyl halides is 1. The molecular weight excluding hydrogens is 473 g/mol. The molecule has 0 aromatic heterocycles. The Labute approximate surface area is 208 Å². The first-order chi connectivity index (χ1) is 17.2. The van der Waals surface area contributed by atoms with Gasteiger partial charge in [0.15, 0.2) is 6.10 Å². The van der Waals surface area contributed by atoms with Crippen molar-refractivity contribution < 1.29 is 34.0 Å². The van der Waals surface area contributed by atoms with E-state index >= 15 is 0 Å². The van der Waals surface area contributed by atoms with Gasteiger partial charge in [-0.1, -0.05) is 12.1 Å². The van der Waals surface area contributed by atoms with E-state index in [4.69, 9.17) is 9.47 Å². The molecule has 3 aliphatic heterocycles. The van der Waals surface area contributed by atoms with E-state index < -0.39 is 54.7 Å². The lowest BCUT2D eigenvalue weighted by atomic mass is 9.92. The van der Waals surface area contributed by atoms with Gasteiger partial charge in [0.2, 0.25) is 0 Å². The zero-order chi connectivity index (χ0) is 25.8. The number of amides is 1. The number of hydrogen-bond acceptors (Lipinski definition) is 9. The molecule has 4 aliphatic rings. The van der Waals surface area contributed by atoms with Crippen LogP contribution in [0.4, 0.5) is 10.1 Å². The number of fused-ring (bicyclic) bond motifs is 2. The van der Waals surface area contributed by atoms with Crippen LogP contribution in [0, 0.1) is 5.92 Å². The van der Waals surface area contributed by atoms with Crippen LogP contribution in [0.3, 0.4) is 0 Å². The van der Waals surface area contributed by atoms with E-state index in [0.29, 0.717) is 13.1 Å². The molecule has 3 heterocycles. The van der Waals surface area contributed by atoms with Gasteiger partial charge in [0.25, 0.3) is 5.91 Å². The summed E-state index contributed by atoms with van der Waals surface area (Å²) in [6.07, 6.45) is -5.59. The highest BCUT2D eigenvalue weighted by Crippen LogP contribution is 2.45. The average Bonchev–Trinajstić information content (AvgIpc) is 3.29. The number of carbonyl (C=O) groups excluding carboxylic acids is 1. The number of hydrogen-bond donors (Lipinski definition) is 4. The van der Waals surface area contributed by atoms with Gasteiger partial charge in [0, 0.05) is 30.7 Å². The molecular formula is C24H34FN5O6. The van der Waals surface area contributed by atoms with Crippen LogP contribution in [-0.4, -0.2) is 107 Å². The number of benzene rings is 1. The Bertz CT molecular complexity index is 990. The third kappa shape index (κ3) is 4.09. The fourth-order valence-electron chi connectivity index (χ4n) is 5.66. The summed E-state index contributed by atoms with van der Waals surface area (Å²) in [6, 6.07) is 6.64. The van der Waals surface area contributed by atoms with E-state index in [-0.39, 0.29) is 18.0 Å². The van der Waals surface area contributed by atoms with Crippen LogP contribution >= 0.6 is 0 Å². The van der Waals surface area contributed by atoms with Crippen LogP contribution < -0.4 is 15.1 Å². The molecule has 3 saturated heterocycles. The van der Waals surface area contributed by atoms with E-state index in [1.807, 2.05) is 24.3 Å². The first-order valence-electron chi connectivity index (χ1n) is 12.3. The molecule has 10 atom stereocenters. The molecule has 1 amide bonds. The molecule has 198 valence electrons. The summed E-state index contributed by atoms with van der Waals surface area (Å²) in [4.78, 5) is 17.4. The van der Waals surface area contributed by atoms with Crippen LogP contribution in [0.1, 0.15) is 20.3 Å². The molecule has 1 saturated carbocycles. The number of anilines is 1. The predicted octanol–water partition coefficient (Wildman–Crippen LogP) is 0.0381. The van der Waals surface area contributed by atoms with E-state index in [9.17, 15) is 24.5 Å². The number of methoxy groups -OCH3 is 1. The highest BCUT2D eigenvalue weighted by atomic mass is 19.1. The Morgan fingerprint density at radius 2 is 1.94 bits per heavy atom. The van der Waals surface area contributed by atoms with Gasteiger partial charge in [0.1, 0.15) is 36.3 Å². The maximum absolute atomic E-state index is 13.8. The molecule has 11 nitrogen and oxygen atoms in total. The highest BCUT2D eigenvalue weighted by Gasteiger charge is 2.60. The number of ether oxygens (including phenoxy) is 2. The van der Waals surface area contributed by atoms with Gasteiger partial charge >= 0.3 is 0 Å². The Hall–Kier alpha value is -2.54. The monoisotopic (exact) mass is 507 g/mol. The lowest BCUT2D eigenvalue weighted by molar-refractivity contribution is -0.200. The second kappa shape index (κ2) is 9.40. The average molecular weight is 508 g/mol. The quantitative estimate of drug-likeness (QED) is 0.300. The van der Waals surface area contributed by atoms with Crippen LogP contribution in [0.15, 0.2) is 34.6 Å². The summed E-state index contributed by atoms with van der Waals surface area (Å²) in [6.45, 7) is 3.96. The number of likely N-dealkylation sites (tertiary alicyclic amines) is 1. The summed E-state index contributed by atoms with van der Waals surface area (Å²) < 4.78 is 24.7. The summed E-state index contributed by atoms with van der Waals surface area (Å²) in [5.41, 5.74) is 2.84. The van der Waals surface area contributed by atoms with Gasteiger partial charge in [0.05, 0.1) is 25.3 Å². The van der Waals surface area contributed by atoms with Crippen LogP contribution in [0.5, 0.6) is 5.75 Å². The maximum Gasteiger partial charge on any atom is 0.254 e. The minimum absolute atomic E-state index is 0.0561. The van der Waals surface area contributed by atoms with Crippen molar-refractivity contribution in [1.29, 1.82) is 0 Å². The first kappa shape index (κ1) is 25.1. The zero-order valence-corrected chi connectivity index (χ0v) is 20.6. The number of rotatable bonds is 7. The largest absolute Gasteiger partial charge is 0.497 e. The number of nitrogens with one attached hydrogen (secondary N) is 1. The van der Waals surface area contributed by atoms with E-state index in [1.54, 1.807) is 25.9 Å². The van der Waals surface area contributed by atoms with Crippen molar-refractivity contribution in [3.05, 3.63) is 24.3 Å². The normalized spacial score (nSPS) is 41.7. The molecule has 1 aromatic carbocycles. The van der Waals surface area contributed by atoms with Crippen LogP contribution in [0.25, 0.3) is 0 Å². The molecule has 12 heteroatoms. The minimum atomic E-state index is -1.48. The molecule has 1 aromatic rings. The second-order valence-corrected chi connectivity index (χ2v) is 10.4. The van der Waals surface area contributed by atoms with Crippen LogP contribution in [-0.2, 0) is 9.53 Å². The number of piperazine rings is 1. The topological polar surface area (TPSA) is 139 Å². The summed E-state index contributed by atoms with van der Waals surface area (Å²) in [5, 5.41) is 39.0. The van der Waals surface area contributed by atoms with Gasteiger partial charge in [-0.2, -0.15) is 5.11 Å². The number of aliphatic hydroxyl groups is 3. The Morgan fingerprint density at radius 1 is 1.25 bits per heavy atom. The third-order valence-electron chi connectivity index (χ3n) is 8.39. The Balaban J connectivity index is 1.26. The Morgan fingerprint density at radius 3 is 2.50 bits per heavy atom. The second-order valence-electron chi connectivity index (χ2n) is 10.4. The number of halogens is 1. The standard InChI is InChI=1S/C24H34FN5O6/c1-12-22(25)24(12,2)27-28-26-18-19(32)17(11-31)36-21(20(18)33)23(34)30-10-14-8-15(30)9-29(14)13-4-6-16(35-3)7-5-13/h4-7,12,14-15,17-22,31-33H,8-11H2,1-3H3,(H,26,27)/t12-,14+,15+,17-,18+,19+,20-,21-,22-,24?/m1/s1. The molecule has 1 aliphatic carbocycles. The highest BCUT2D eigenvalue weighted by molar-refractivity contribution is 5.83. The van der Waals surface area contributed by atoms with Gasteiger partial charge in [-0.05, 0) is 37.6 Å². The molecule has 4 N–H and O–H groups in total. The van der Waals surface area contributed by atoms with E-state index in [2.05, 4.69) is 20.7 Å². The van der Waals surface area contributed by atoms with Crippen molar-refractivity contribution in [3.63, 3.8) is 0 Å². The lowest BCUT2D eigenvalue weighted by Gasteiger charge is -2.42. The van der Waals surface area contributed by atoms with Gasteiger partial charge in [-0.25, -0.2) is 4.39 Å². The van der Waals surface area contributed by atoms with Crippen molar-refractivity contribution in [2.75, 3.05) is 31.7 Å².